The molecule has 3 heterocycles. The van der Waals surface area contributed by atoms with E-state index in [1.54, 1.807) is 11.6 Å². The molecule has 0 saturated carbocycles. The summed E-state index contributed by atoms with van der Waals surface area (Å²) in [6, 6.07) is 10.3. The van der Waals surface area contributed by atoms with Gasteiger partial charge in [0.05, 0.1) is 12.1 Å². The van der Waals surface area contributed by atoms with E-state index in [-0.39, 0.29) is 5.56 Å². The predicted octanol–water partition coefficient (Wildman–Crippen LogP) is 2.98. The van der Waals surface area contributed by atoms with Crippen molar-refractivity contribution in [2.45, 2.75) is 20.4 Å². The van der Waals surface area contributed by atoms with Gasteiger partial charge in [0.15, 0.2) is 5.82 Å². The molecule has 0 aliphatic heterocycles. The molecule has 7 heteroatoms. The summed E-state index contributed by atoms with van der Waals surface area (Å²) in [6.07, 6.45) is 0. The number of nitrogens with zero attached hydrogens (tertiary/aromatic N) is 5. The van der Waals surface area contributed by atoms with E-state index in [1.807, 2.05) is 28.0 Å². The molecular formula is C18H19N5OS. The van der Waals surface area contributed by atoms with E-state index in [2.05, 4.69) is 41.1 Å². The summed E-state index contributed by atoms with van der Waals surface area (Å²) in [5.74, 6) is 1.41. The molecule has 25 heavy (non-hydrogen) atoms. The number of hydrogen-bond donors (Lipinski definition) is 0. The van der Waals surface area contributed by atoms with Crippen LogP contribution >= 0.6 is 11.3 Å². The monoisotopic (exact) mass is 353 g/mol. The Morgan fingerprint density at radius 1 is 1.20 bits per heavy atom. The molecule has 128 valence electrons. The second-order valence-corrected chi connectivity index (χ2v) is 6.97. The van der Waals surface area contributed by atoms with Gasteiger partial charge in [0.25, 0.3) is 5.56 Å². The average molecular weight is 353 g/mol. The van der Waals surface area contributed by atoms with E-state index < -0.39 is 0 Å². The maximum atomic E-state index is 12.4. The van der Waals surface area contributed by atoms with Crippen LogP contribution < -0.4 is 10.5 Å². The quantitative estimate of drug-likeness (QED) is 0.566. The van der Waals surface area contributed by atoms with Crippen molar-refractivity contribution in [3.05, 3.63) is 57.5 Å². The summed E-state index contributed by atoms with van der Waals surface area (Å²) in [6.45, 7) is 5.73. The minimum Gasteiger partial charge on any atom is -0.364 e. The summed E-state index contributed by atoms with van der Waals surface area (Å²) < 4.78 is 4.29. The molecule has 0 spiro atoms. The van der Waals surface area contributed by atoms with Crippen LogP contribution in [-0.2, 0) is 13.6 Å². The summed E-state index contributed by atoms with van der Waals surface area (Å²) in [4.78, 5) is 14.7. The summed E-state index contributed by atoms with van der Waals surface area (Å²) >= 11 is 1.46. The van der Waals surface area contributed by atoms with E-state index in [1.165, 1.54) is 22.6 Å². The zero-order valence-electron chi connectivity index (χ0n) is 14.4. The van der Waals surface area contributed by atoms with Crippen LogP contribution in [0.5, 0.6) is 0 Å². The van der Waals surface area contributed by atoms with Crippen LogP contribution in [0.2, 0.25) is 0 Å². The molecular weight excluding hydrogens is 334 g/mol. The Kier molecular flexibility index (Phi) is 3.80. The Balaban J connectivity index is 1.88. The van der Waals surface area contributed by atoms with Crippen LogP contribution in [0.15, 0.2) is 40.5 Å². The van der Waals surface area contributed by atoms with Crippen molar-refractivity contribution < 1.29 is 0 Å². The molecule has 0 amide bonds. The lowest BCUT2D eigenvalue weighted by Crippen LogP contribution is -2.25. The number of anilines is 1. The van der Waals surface area contributed by atoms with Crippen LogP contribution in [0, 0.1) is 6.92 Å². The Labute approximate surface area is 149 Å². The minimum atomic E-state index is -0.0253. The highest BCUT2D eigenvalue weighted by atomic mass is 32.1. The lowest BCUT2D eigenvalue weighted by molar-refractivity contribution is 0.769. The van der Waals surface area contributed by atoms with Crippen LogP contribution in [0.4, 0.5) is 5.69 Å². The molecule has 0 bridgehead atoms. The molecule has 0 N–H and O–H groups in total. The Hall–Kier alpha value is -2.67. The zero-order valence-corrected chi connectivity index (χ0v) is 15.2. The van der Waals surface area contributed by atoms with Gasteiger partial charge in [-0.25, -0.2) is 0 Å². The average Bonchev–Trinajstić information content (AvgIpc) is 3.25. The van der Waals surface area contributed by atoms with Crippen LogP contribution in [-0.4, -0.2) is 25.7 Å². The van der Waals surface area contributed by atoms with Crippen molar-refractivity contribution in [3.8, 4) is 0 Å². The van der Waals surface area contributed by atoms with Crippen LogP contribution in [0.25, 0.3) is 16.0 Å². The molecule has 4 rings (SSSR count). The van der Waals surface area contributed by atoms with E-state index >= 15 is 0 Å². The number of aryl methyl sites for hydroxylation is 2. The zero-order chi connectivity index (χ0) is 17.6. The van der Waals surface area contributed by atoms with Gasteiger partial charge in [-0.15, -0.1) is 21.5 Å². The first-order valence-corrected chi connectivity index (χ1v) is 9.10. The lowest BCUT2D eigenvalue weighted by atomic mass is 10.2. The van der Waals surface area contributed by atoms with Gasteiger partial charge in [-0.05, 0) is 36.9 Å². The van der Waals surface area contributed by atoms with Crippen molar-refractivity contribution in [1.82, 2.24) is 19.2 Å². The van der Waals surface area contributed by atoms with Crippen molar-refractivity contribution in [2.24, 2.45) is 7.05 Å². The molecule has 0 atom stereocenters. The largest absolute Gasteiger partial charge is 0.364 e. The molecule has 4 aromatic rings. The summed E-state index contributed by atoms with van der Waals surface area (Å²) in [5.41, 5.74) is 3.27. The predicted molar refractivity (Wildman–Crippen MR) is 102 cm³/mol. The normalized spacial score (nSPS) is 11.5. The van der Waals surface area contributed by atoms with E-state index in [0.29, 0.717) is 12.3 Å². The Morgan fingerprint density at radius 3 is 2.76 bits per heavy atom. The molecule has 0 fully saturated rings. The SMILES string of the molecule is CCN(Cc1nnc2n(C)c(=O)c3sccc3n12)c1ccccc1C. The number of benzene rings is 1. The summed E-state index contributed by atoms with van der Waals surface area (Å²) in [7, 11) is 1.74. The standard InChI is InChI=1S/C18H19N5OS/c1-4-22(13-8-6-5-7-12(13)2)11-15-19-20-18-21(3)17(24)16-14(23(15)18)9-10-25-16/h5-10H,4,11H2,1-3H3. The van der Waals surface area contributed by atoms with E-state index in [0.717, 1.165) is 22.6 Å². The molecule has 0 unspecified atom stereocenters. The Bertz CT molecular complexity index is 1120. The third kappa shape index (κ3) is 2.42. The van der Waals surface area contributed by atoms with Crippen molar-refractivity contribution in [3.63, 3.8) is 0 Å². The lowest BCUT2D eigenvalue weighted by Gasteiger charge is -2.24. The van der Waals surface area contributed by atoms with Crippen LogP contribution in [0.3, 0.4) is 0 Å². The fourth-order valence-electron chi connectivity index (χ4n) is 3.21. The smallest absolute Gasteiger partial charge is 0.272 e. The summed E-state index contributed by atoms with van der Waals surface area (Å²) in [5, 5.41) is 10.6. The Morgan fingerprint density at radius 2 is 2.00 bits per heavy atom. The number of thiophene rings is 1. The second-order valence-electron chi connectivity index (χ2n) is 6.05. The maximum Gasteiger partial charge on any atom is 0.272 e. The molecule has 0 radical (unpaired) electrons. The molecule has 0 saturated heterocycles. The molecule has 1 aromatic carbocycles. The van der Waals surface area contributed by atoms with Crippen LogP contribution in [0.1, 0.15) is 18.3 Å². The number of aromatic nitrogens is 4. The first-order valence-electron chi connectivity index (χ1n) is 8.22. The van der Waals surface area contributed by atoms with Gasteiger partial charge in [-0.2, -0.15) is 0 Å². The van der Waals surface area contributed by atoms with Gasteiger partial charge in [-0.1, -0.05) is 18.2 Å². The van der Waals surface area contributed by atoms with E-state index in [4.69, 9.17) is 0 Å². The second kappa shape index (κ2) is 6.00. The van der Waals surface area contributed by atoms with Crippen molar-refractivity contribution >= 4 is 33.0 Å². The molecule has 0 aliphatic rings. The molecule has 3 aromatic heterocycles. The fraction of sp³-hybridized carbons (Fsp3) is 0.278. The number of para-hydroxylation sites is 1. The number of fused-ring (bicyclic) bond motifs is 3. The highest BCUT2D eigenvalue weighted by Gasteiger charge is 2.18. The first-order chi connectivity index (χ1) is 12.1. The third-order valence-electron chi connectivity index (χ3n) is 4.57. The third-order valence-corrected chi connectivity index (χ3v) is 5.46. The number of rotatable bonds is 4. The maximum absolute atomic E-state index is 12.4. The molecule has 0 aliphatic carbocycles. The van der Waals surface area contributed by atoms with Crippen molar-refractivity contribution in [2.75, 3.05) is 11.4 Å². The highest BCUT2D eigenvalue weighted by molar-refractivity contribution is 7.17. The van der Waals surface area contributed by atoms with Gasteiger partial charge < -0.3 is 4.90 Å². The van der Waals surface area contributed by atoms with E-state index in [9.17, 15) is 4.79 Å². The van der Waals surface area contributed by atoms with Gasteiger partial charge in [-0.3, -0.25) is 13.8 Å². The first kappa shape index (κ1) is 15.8. The number of hydrogen-bond acceptors (Lipinski definition) is 5. The van der Waals surface area contributed by atoms with Gasteiger partial charge in [0.1, 0.15) is 4.70 Å². The topological polar surface area (TPSA) is 55.4 Å². The minimum absolute atomic E-state index is 0.0253. The fourth-order valence-corrected chi connectivity index (χ4v) is 4.06. The van der Waals surface area contributed by atoms with Gasteiger partial charge >= 0.3 is 0 Å². The molecule has 6 nitrogen and oxygen atoms in total. The highest BCUT2D eigenvalue weighted by Crippen LogP contribution is 2.23. The van der Waals surface area contributed by atoms with Gasteiger partial charge in [0, 0.05) is 19.3 Å². The van der Waals surface area contributed by atoms with Gasteiger partial charge in [0.2, 0.25) is 5.78 Å². The van der Waals surface area contributed by atoms with Crippen molar-refractivity contribution in [1.29, 1.82) is 0 Å².